The van der Waals surface area contributed by atoms with Crippen molar-refractivity contribution in [2.45, 2.75) is 34.6 Å². The fourth-order valence-corrected chi connectivity index (χ4v) is 1.09. The molecule has 0 aromatic rings. The minimum atomic E-state index is 0.727. The van der Waals surface area contributed by atoms with Crippen LogP contribution in [-0.4, -0.2) is 0 Å². The van der Waals surface area contributed by atoms with E-state index in [0.717, 1.165) is 17.8 Å². The molecule has 0 radical (unpaired) electrons. The minimum absolute atomic E-state index is 0.727. The zero-order chi connectivity index (χ0) is 8.15. The van der Waals surface area contributed by atoms with Gasteiger partial charge in [-0.25, -0.2) is 0 Å². The second-order valence-electron chi connectivity index (χ2n) is 3.49. The SMILES string of the molecule is CC=C[C@@H](C)[C@@H](C)C(C)C. The molecule has 0 saturated heterocycles. The van der Waals surface area contributed by atoms with Crippen LogP contribution in [0.3, 0.4) is 0 Å². The van der Waals surface area contributed by atoms with E-state index in [1.807, 2.05) is 0 Å². The predicted octanol–water partition coefficient (Wildman–Crippen LogP) is 3.49. The van der Waals surface area contributed by atoms with Crippen molar-refractivity contribution in [1.29, 1.82) is 0 Å². The van der Waals surface area contributed by atoms with Gasteiger partial charge in [-0.2, -0.15) is 0 Å². The molecule has 60 valence electrons. The van der Waals surface area contributed by atoms with Gasteiger partial charge in [0.1, 0.15) is 0 Å². The summed E-state index contributed by atoms with van der Waals surface area (Å²) >= 11 is 0. The lowest BCUT2D eigenvalue weighted by Crippen LogP contribution is -2.11. The van der Waals surface area contributed by atoms with Crippen molar-refractivity contribution >= 4 is 0 Å². The minimum Gasteiger partial charge on any atom is -0.0914 e. The second-order valence-corrected chi connectivity index (χ2v) is 3.49. The highest BCUT2D eigenvalue weighted by Crippen LogP contribution is 2.20. The summed E-state index contributed by atoms with van der Waals surface area (Å²) in [6.45, 7) is 11.2. The van der Waals surface area contributed by atoms with Crippen LogP contribution in [0, 0.1) is 17.8 Å². The molecule has 0 heterocycles. The molecule has 0 nitrogen and oxygen atoms in total. The molecule has 0 aromatic heterocycles. The van der Waals surface area contributed by atoms with Gasteiger partial charge in [-0.1, -0.05) is 39.8 Å². The number of hydrogen-bond donors (Lipinski definition) is 0. The summed E-state index contributed by atoms with van der Waals surface area (Å²) in [6.07, 6.45) is 4.42. The van der Waals surface area contributed by atoms with Crippen LogP contribution in [0.5, 0.6) is 0 Å². The second kappa shape index (κ2) is 4.54. The maximum absolute atomic E-state index is 2.31. The van der Waals surface area contributed by atoms with Crippen LogP contribution < -0.4 is 0 Å². The monoisotopic (exact) mass is 140 g/mol. The molecular formula is C10H20. The summed E-state index contributed by atoms with van der Waals surface area (Å²) in [4.78, 5) is 0. The fraction of sp³-hybridized carbons (Fsp3) is 0.800. The van der Waals surface area contributed by atoms with Gasteiger partial charge < -0.3 is 0 Å². The Kier molecular flexibility index (Phi) is 4.42. The van der Waals surface area contributed by atoms with Crippen molar-refractivity contribution in [1.82, 2.24) is 0 Å². The summed E-state index contributed by atoms with van der Waals surface area (Å²) < 4.78 is 0. The Morgan fingerprint density at radius 2 is 1.50 bits per heavy atom. The average Bonchev–Trinajstić information content (AvgIpc) is 1.87. The van der Waals surface area contributed by atoms with Crippen molar-refractivity contribution in [3.63, 3.8) is 0 Å². The average molecular weight is 140 g/mol. The highest BCUT2D eigenvalue weighted by atomic mass is 14.2. The van der Waals surface area contributed by atoms with E-state index in [4.69, 9.17) is 0 Å². The summed E-state index contributed by atoms with van der Waals surface area (Å²) in [5, 5.41) is 0. The summed E-state index contributed by atoms with van der Waals surface area (Å²) in [5.41, 5.74) is 0. The number of hydrogen-bond acceptors (Lipinski definition) is 0. The molecule has 0 aliphatic carbocycles. The predicted molar refractivity (Wildman–Crippen MR) is 48.0 cm³/mol. The van der Waals surface area contributed by atoms with Crippen LogP contribution in [0.1, 0.15) is 34.6 Å². The van der Waals surface area contributed by atoms with Gasteiger partial charge in [0.25, 0.3) is 0 Å². The smallest absolute Gasteiger partial charge is 0.0234 e. The molecule has 0 aliphatic heterocycles. The standard InChI is InChI=1S/C10H20/c1-6-7-9(4)10(5)8(2)3/h6-10H,1-5H3/t9-,10+/m1/s1. The Morgan fingerprint density at radius 1 is 1.00 bits per heavy atom. The molecule has 10 heavy (non-hydrogen) atoms. The third kappa shape index (κ3) is 3.05. The van der Waals surface area contributed by atoms with Crippen molar-refractivity contribution in [3.05, 3.63) is 12.2 Å². The first kappa shape index (κ1) is 9.74. The lowest BCUT2D eigenvalue weighted by atomic mass is 9.86. The van der Waals surface area contributed by atoms with E-state index in [9.17, 15) is 0 Å². The Morgan fingerprint density at radius 3 is 1.80 bits per heavy atom. The van der Waals surface area contributed by atoms with E-state index >= 15 is 0 Å². The first-order valence-corrected chi connectivity index (χ1v) is 4.22. The van der Waals surface area contributed by atoms with E-state index in [2.05, 4.69) is 46.8 Å². The molecule has 0 aromatic carbocycles. The lowest BCUT2D eigenvalue weighted by Gasteiger charge is -2.20. The van der Waals surface area contributed by atoms with Crippen LogP contribution in [0.15, 0.2) is 12.2 Å². The molecule has 0 unspecified atom stereocenters. The van der Waals surface area contributed by atoms with Crippen LogP contribution in [0.4, 0.5) is 0 Å². The third-order valence-corrected chi connectivity index (χ3v) is 2.38. The first-order chi connectivity index (χ1) is 4.59. The third-order valence-electron chi connectivity index (χ3n) is 2.38. The molecule has 0 aliphatic rings. The van der Waals surface area contributed by atoms with Gasteiger partial charge in [0, 0.05) is 0 Å². The molecule has 2 atom stereocenters. The summed E-state index contributed by atoms with van der Waals surface area (Å²) in [7, 11) is 0. The van der Waals surface area contributed by atoms with Gasteiger partial charge in [-0.3, -0.25) is 0 Å². The lowest BCUT2D eigenvalue weighted by molar-refractivity contribution is 0.342. The van der Waals surface area contributed by atoms with Crippen molar-refractivity contribution in [3.8, 4) is 0 Å². The molecule has 0 fully saturated rings. The molecule has 0 saturated carbocycles. The molecule has 0 N–H and O–H groups in total. The van der Waals surface area contributed by atoms with Gasteiger partial charge in [0.2, 0.25) is 0 Å². The quantitative estimate of drug-likeness (QED) is 0.526. The highest BCUT2D eigenvalue weighted by molar-refractivity contribution is 4.86. The molecular weight excluding hydrogens is 120 g/mol. The van der Waals surface area contributed by atoms with Gasteiger partial charge >= 0.3 is 0 Å². The van der Waals surface area contributed by atoms with Gasteiger partial charge in [0.05, 0.1) is 0 Å². The molecule has 0 amide bonds. The normalized spacial score (nSPS) is 18.2. The van der Waals surface area contributed by atoms with Crippen LogP contribution >= 0.6 is 0 Å². The Balaban J connectivity index is 3.81. The fourth-order valence-electron chi connectivity index (χ4n) is 1.09. The Bertz CT molecular complexity index is 101. The summed E-state index contributed by atoms with van der Waals surface area (Å²) in [6, 6.07) is 0. The number of rotatable bonds is 3. The summed E-state index contributed by atoms with van der Waals surface area (Å²) in [5.74, 6) is 2.33. The topological polar surface area (TPSA) is 0 Å². The zero-order valence-corrected chi connectivity index (χ0v) is 7.89. The molecule has 0 rings (SSSR count). The van der Waals surface area contributed by atoms with Crippen molar-refractivity contribution < 1.29 is 0 Å². The first-order valence-electron chi connectivity index (χ1n) is 4.22. The van der Waals surface area contributed by atoms with E-state index in [-0.39, 0.29) is 0 Å². The van der Waals surface area contributed by atoms with Crippen molar-refractivity contribution in [2.75, 3.05) is 0 Å². The van der Waals surface area contributed by atoms with E-state index in [1.165, 1.54) is 0 Å². The van der Waals surface area contributed by atoms with E-state index < -0.39 is 0 Å². The van der Waals surface area contributed by atoms with Crippen LogP contribution in [-0.2, 0) is 0 Å². The van der Waals surface area contributed by atoms with Crippen LogP contribution in [0.2, 0.25) is 0 Å². The van der Waals surface area contributed by atoms with Crippen LogP contribution in [0.25, 0.3) is 0 Å². The molecule has 0 bridgehead atoms. The molecule has 0 spiro atoms. The van der Waals surface area contributed by atoms with Crippen molar-refractivity contribution in [2.24, 2.45) is 17.8 Å². The molecule has 0 heteroatoms. The number of allylic oxidation sites excluding steroid dienone is 2. The highest BCUT2D eigenvalue weighted by Gasteiger charge is 2.11. The zero-order valence-electron chi connectivity index (χ0n) is 7.89. The van der Waals surface area contributed by atoms with E-state index in [0.29, 0.717) is 0 Å². The van der Waals surface area contributed by atoms with Gasteiger partial charge in [0.15, 0.2) is 0 Å². The van der Waals surface area contributed by atoms with E-state index in [1.54, 1.807) is 0 Å². The maximum atomic E-state index is 2.31. The Labute approximate surface area is 65.3 Å². The van der Waals surface area contributed by atoms with Gasteiger partial charge in [-0.05, 0) is 24.7 Å². The Hall–Kier alpha value is -0.260. The maximum Gasteiger partial charge on any atom is -0.0234 e. The largest absolute Gasteiger partial charge is 0.0914 e. The van der Waals surface area contributed by atoms with Gasteiger partial charge in [-0.15, -0.1) is 0 Å².